The summed E-state index contributed by atoms with van der Waals surface area (Å²) in [6.07, 6.45) is 1.000. The van der Waals surface area contributed by atoms with E-state index in [1.54, 1.807) is 0 Å². The highest BCUT2D eigenvalue weighted by atomic mass is 32.2. The molecule has 0 radical (unpaired) electrons. The Balaban J connectivity index is 2.44. The van der Waals surface area contributed by atoms with Crippen LogP contribution in [0.4, 0.5) is 13.2 Å². The van der Waals surface area contributed by atoms with Crippen LogP contribution < -0.4 is 5.32 Å². The van der Waals surface area contributed by atoms with Crippen LogP contribution in [-0.2, 0) is 0 Å². The first kappa shape index (κ1) is 16.1. The lowest BCUT2D eigenvalue weighted by Gasteiger charge is -2.30. The smallest absolute Gasteiger partial charge is 0.312 e. The molecule has 2 atom stereocenters. The van der Waals surface area contributed by atoms with Crippen molar-refractivity contribution in [3.63, 3.8) is 0 Å². The number of hydrogen-bond acceptors (Lipinski definition) is 3. The number of nitrogens with zero attached hydrogens (tertiary/aromatic N) is 1. The van der Waals surface area contributed by atoms with Crippen LogP contribution in [0.1, 0.15) is 27.2 Å². The third kappa shape index (κ3) is 5.80. The minimum absolute atomic E-state index is 0.0836. The molecule has 1 saturated heterocycles. The summed E-state index contributed by atoms with van der Waals surface area (Å²) in [5.41, 5.74) is -4.11. The zero-order valence-corrected chi connectivity index (χ0v) is 12.1. The van der Waals surface area contributed by atoms with Crippen molar-refractivity contribution in [3.8, 4) is 0 Å². The number of thioether (sulfide) groups is 1. The van der Waals surface area contributed by atoms with Gasteiger partial charge in [0, 0.05) is 30.9 Å². The van der Waals surface area contributed by atoms with E-state index < -0.39 is 5.51 Å². The van der Waals surface area contributed by atoms with Crippen LogP contribution in [0, 0.1) is 5.92 Å². The second kappa shape index (κ2) is 7.01. The molecule has 1 fully saturated rings. The molecular formula is C12H23F3N2S. The molecule has 0 aliphatic carbocycles. The Hall–Kier alpha value is 0.0600. The average molecular weight is 284 g/mol. The van der Waals surface area contributed by atoms with E-state index in [1.807, 2.05) is 0 Å². The summed E-state index contributed by atoms with van der Waals surface area (Å²) >= 11 is 0.0836. The highest BCUT2D eigenvalue weighted by Gasteiger charge is 2.29. The van der Waals surface area contributed by atoms with Gasteiger partial charge in [-0.2, -0.15) is 13.2 Å². The van der Waals surface area contributed by atoms with Crippen LogP contribution in [0.25, 0.3) is 0 Å². The maximum absolute atomic E-state index is 12.1. The van der Waals surface area contributed by atoms with Gasteiger partial charge in [0.05, 0.1) is 0 Å². The molecule has 0 saturated carbocycles. The quantitative estimate of drug-likeness (QED) is 0.854. The van der Waals surface area contributed by atoms with Crippen LogP contribution in [-0.4, -0.2) is 47.9 Å². The predicted octanol–water partition coefficient (Wildman–Crippen LogP) is 2.95. The van der Waals surface area contributed by atoms with Gasteiger partial charge < -0.3 is 5.32 Å². The number of halogens is 3. The van der Waals surface area contributed by atoms with E-state index in [0.717, 1.165) is 19.5 Å². The first-order chi connectivity index (χ1) is 8.29. The van der Waals surface area contributed by atoms with Gasteiger partial charge in [-0.15, -0.1) is 0 Å². The van der Waals surface area contributed by atoms with Gasteiger partial charge in [-0.3, -0.25) is 4.90 Å². The molecule has 2 nitrogen and oxygen atoms in total. The highest BCUT2D eigenvalue weighted by Crippen LogP contribution is 2.30. The Morgan fingerprint density at radius 3 is 2.61 bits per heavy atom. The van der Waals surface area contributed by atoms with Crippen LogP contribution >= 0.6 is 11.8 Å². The molecule has 1 N–H and O–H groups in total. The minimum atomic E-state index is -4.11. The Morgan fingerprint density at radius 1 is 1.39 bits per heavy atom. The third-order valence-electron chi connectivity index (χ3n) is 3.47. The molecule has 0 bridgehead atoms. The van der Waals surface area contributed by atoms with Crippen molar-refractivity contribution in [2.24, 2.45) is 5.92 Å². The van der Waals surface area contributed by atoms with Crippen molar-refractivity contribution < 1.29 is 13.2 Å². The maximum atomic E-state index is 12.1. The lowest BCUT2D eigenvalue weighted by Crippen LogP contribution is -2.43. The molecular weight excluding hydrogens is 261 g/mol. The first-order valence-electron chi connectivity index (χ1n) is 6.47. The van der Waals surface area contributed by atoms with Crippen LogP contribution in [0.5, 0.6) is 0 Å². The average Bonchev–Trinajstić information content (AvgIpc) is 2.40. The Labute approximate surface area is 112 Å². The van der Waals surface area contributed by atoms with E-state index in [9.17, 15) is 13.2 Å². The number of alkyl halides is 3. The van der Waals surface area contributed by atoms with Gasteiger partial charge in [0.25, 0.3) is 0 Å². The molecule has 6 heteroatoms. The fraction of sp³-hybridized carbons (Fsp3) is 1.00. The van der Waals surface area contributed by atoms with Crippen molar-refractivity contribution >= 4 is 11.8 Å². The van der Waals surface area contributed by atoms with Crippen LogP contribution in [0.2, 0.25) is 0 Å². The van der Waals surface area contributed by atoms with E-state index in [0.29, 0.717) is 24.5 Å². The second-order valence-corrected chi connectivity index (χ2v) is 6.39. The molecule has 0 aromatic rings. The van der Waals surface area contributed by atoms with Crippen molar-refractivity contribution in [1.82, 2.24) is 10.2 Å². The van der Waals surface area contributed by atoms with Crippen LogP contribution in [0.3, 0.4) is 0 Å². The van der Waals surface area contributed by atoms with Crippen LogP contribution in [0.15, 0.2) is 0 Å². The zero-order valence-electron chi connectivity index (χ0n) is 11.3. The summed E-state index contributed by atoms with van der Waals surface area (Å²) in [5, 5.41) is 3.48. The molecule has 1 heterocycles. The number of hydrogen-bond donors (Lipinski definition) is 1. The Kier molecular flexibility index (Phi) is 6.27. The van der Waals surface area contributed by atoms with E-state index >= 15 is 0 Å². The number of rotatable bonds is 4. The molecule has 2 unspecified atom stereocenters. The van der Waals surface area contributed by atoms with Gasteiger partial charge in [0.1, 0.15) is 0 Å². The zero-order chi connectivity index (χ0) is 13.8. The summed E-state index contributed by atoms with van der Waals surface area (Å²) in [6, 6.07) is 0.737. The van der Waals surface area contributed by atoms with Gasteiger partial charge in [-0.1, -0.05) is 13.8 Å². The SMILES string of the molecule is CC(C)C1CN(CCSC(F)(F)F)C(C)CCN1. The van der Waals surface area contributed by atoms with Gasteiger partial charge in [0.2, 0.25) is 0 Å². The van der Waals surface area contributed by atoms with E-state index in [-0.39, 0.29) is 17.5 Å². The fourth-order valence-electron chi connectivity index (χ4n) is 2.19. The Morgan fingerprint density at radius 2 is 2.06 bits per heavy atom. The lowest BCUT2D eigenvalue weighted by atomic mass is 10.0. The van der Waals surface area contributed by atoms with Gasteiger partial charge in [-0.05, 0) is 37.6 Å². The normalized spacial score (nSPS) is 27.5. The van der Waals surface area contributed by atoms with E-state index in [2.05, 4.69) is 31.0 Å². The molecule has 108 valence electrons. The van der Waals surface area contributed by atoms with E-state index in [1.165, 1.54) is 0 Å². The summed E-state index contributed by atoms with van der Waals surface area (Å²) in [6.45, 7) is 8.70. The first-order valence-corrected chi connectivity index (χ1v) is 7.46. The maximum Gasteiger partial charge on any atom is 0.441 e. The third-order valence-corrected chi connectivity index (χ3v) is 4.19. The molecule has 1 rings (SSSR count). The van der Waals surface area contributed by atoms with E-state index in [4.69, 9.17) is 0 Å². The molecule has 0 amide bonds. The molecule has 0 spiro atoms. The summed E-state index contributed by atoms with van der Waals surface area (Å²) in [7, 11) is 0. The summed E-state index contributed by atoms with van der Waals surface area (Å²) in [5.74, 6) is 0.631. The molecule has 0 aromatic carbocycles. The van der Waals surface area contributed by atoms with Gasteiger partial charge in [-0.25, -0.2) is 0 Å². The van der Waals surface area contributed by atoms with Crippen molar-refractivity contribution in [2.75, 3.05) is 25.4 Å². The molecule has 1 aliphatic heterocycles. The second-order valence-electron chi connectivity index (χ2n) is 5.23. The molecule has 0 aromatic heterocycles. The number of nitrogens with one attached hydrogen (secondary N) is 1. The summed E-state index contributed by atoms with van der Waals surface area (Å²) in [4.78, 5) is 2.18. The lowest BCUT2D eigenvalue weighted by molar-refractivity contribution is -0.0329. The van der Waals surface area contributed by atoms with Crippen molar-refractivity contribution in [1.29, 1.82) is 0 Å². The minimum Gasteiger partial charge on any atom is -0.312 e. The summed E-state index contributed by atoms with van der Waals surface area (Å²) < 4.78 is 36.4. The highest BCUT2D eigenvalue weighted by molar-refractivity contribution is 8.00. The predicted molar refractivity (Wildman–Crippen MR) is 70.8 cm³/mol. The largest absolute Gasteiger partial charge is 0.441 e. The van der Waals surface area contributed by atoms with Crippen molar-refractivity contribution in [2.45, 2.75) is 44.8 Å². The molecule has 1 aliphatic rings. The molecule has 18 heavy (non-hydrogen) atoms. The topological polar surface area (TPSA) is 15.3 Å². The van der Waals surface area contributed by atoms with Crippen molar-refractivity contribution in [3.05, 3.63) is 0 Å². The standard InChI is InChI=1S/C12H23F3N2S/c1-9(2)11-8-17(10(3)4-5-16-11)6-7-18-12(13,14)15/h9-11,16H,4-8H2,1-3H3. The van der Waals surface area contributed by atoms with Gasteiger partial charge in [0.15, 0.2) is 0 Å². The fourth-order valence-corrected chi connectivity index (χ4v) is 2.75. The monoisotopic (exact) mass is 284 g/mol. The Bertz CT molecular complexity index is 246. The van der Waals surface area contributed by atoms with Gasteiger partial charge >= 0.3 is 5.51 Å².